The Morgan fingerprint density at radius 1 is 1.03 bits per heavy atom. The molecule has 0 bridgehead atoms. The molecule has 0 saturated heterocycles. The number of hydrogen-bond acceptors (Lipinski definition) is 4. The fourth-order valence-corrected chi connectivity index (χ4v) is 4.94. The highest BCUT2D eigenvalue weighted by atomic mass is 35.5. The molecule has 1 aliphatic heterocycles. The maximum absolute atomic E-state index is 14.4. The first-order chi connectivity index (χ1) is 17.6. The van der Waals surface area contributed by atoms with E-state index in [1.165, 1.54) is 28.5 Å². The molecule has 37 heavy (non-hydrogen) atoms. The van der Waals surface area contributed by atoms with Crippen LogP contribution < -0.4 is 14.8 Å². The highest BCUT2D eigenvalue weighted by Crippen LogP contribution is 2.41. The Morgan fingerprint density at radius 3 is 2.68 bits per heavy atom. The lowest BCUT2D eigenvalue weighted by Gasteiger charge is -2.33. The molecule has 1 heterocycles. The smallest absolute Gasteiger partial charge is 0.341 e. The second kappa shape index (κ2) is 12.1. The van der Waals surface area contributed by atoms with E-state index in [1.807, 2.05) is 24.3 Å². The van der Waals surface area contributed by atoms with Crippen LogP contribution in [0, 0.1) is 5.82 Å². The Kier molecular flexibility index (Phi) is 8.64. The molecule has 0 radical (unpaired) electrons. The highest BCUT2D eigenvalue weighted by molar-refractivity contribution is 5.86. The lowest BCUT2D eigenvalue weighted by molar-refractivity contribution is -0.139. The van der Waals surface area contributed by atoms with Crippen LogP contribution in [0.4, 0.5) is 4.39 Å². The third-order valence-corrected chi connectivity index (χ3v) is 6.57. The van der Waals surface area contributed by atoms with E-state index in [2.05, 4.69) is 47.8 Å². The summed E-state index contributed by atoms with van der Waals surface area (Å²) in [6.45, 7) is 0.955. The molecular formula is C30H29ClFNO4. The monoisotopic (exact) mass is 521 g/mol. The number of hydrogen-bond donors (Lipinski definition) is 2. The van der Waals surface area contributed by atoms with Crippen molar-refractivity contribution in [1.29, 1.82) is 0 Å². The Labute approximate surface area is 221 Å². The van der Waals surface area contributed by atoms with Gasteiger partial charge in [0, 0.05) is 24.1 Å². The molecule has 5 rings (SSSR count). The predicted molar refractivity (Wildman–Crippen MR) is 145 cm³/mol. The number of ether oxygens (including phenoxy) is 2. The van der Waals surface area contributed by atoms with E-state index in [0.29, 0.717) is 13.0 Å². The average molecular weight is 522 g/mol. The Bertz CT molecular complexity index is 1370. The summed E-state index contributed by atoms with van der Waals surface area (Å²) in [5, 5.41) is 15.0. The number of carboxylic acids is 1. The minimum Gasteiger partial charge on any atom is -0.489 e. The van der Waals surface area contributed by atoms with Crippen LogP contribution >= 0.6 is 12.4 Å². The van der Waals surface area contributed by atoms with E-state index < -0.39 is 18.4 Å². The number of aliphatic carboxylic acids is 1. The van der Waals surface area contributed by atoms with E-state index in [-0.39, 0.29) is 30.2 Å². The topological polar surface area (TPSA) is 67.8 Å². The molecule has 0 fully saturated rings. The molecular weight excluding hydrogens is 493 g/mol. The number of rotatable bonds is 9. The third kappa shape index (κ3) is 6.40. The van der Waals surface area contributed by atoms with Crippen LogP contribution in [0.2, 0.25) is 0 Å². The van der Waals surface area contributed by atoms with Gasteiger partial charge in [-0.25, -0.2) is 9.18 Å². The normalized spacial score (nSPS) is 16.4. The highest BCUT2D eigenvalue weighted by Gasteiger charge is 2.29. The fraction of sp³-hybridized carbons (Fsp3) is 0.233. The fourth-order valence-electron chi connectivity index (χ4n) is 4.94. The van der Waals surface area contributed by atoms with Gasteiger partial charge < -0.3 is 19.9 Å². The van der Waals surface area contributed by atoms with E-state index in [4.69, 9.17) is 14.6 Å². The Hall–Kier alpha value is -3.61. The Morgan fingerprint density at radius 2 is 1.81 bits per heavy atom. The minimum atomic E-state index is -1.10. The first-order valence-electron chi connectivity index (χ1n) is 12.1. The molecule has 2 atom stereocenters. The van der Waals surface area contributed by atoms with Crippen LogP contribution in [-0.2, 0) is 11.2 Å². The lowest BCUT2D eigenvalue weighted by Crippen LogP contribution is -2.36. The van der Waals surface area contributed by atoms with E-state index in [1.54, 1.807) is 6.07 Å². The number of carboxylic acid groups (broad SMARTS) is 1. The molecule has 2 N–H and O–H groups in total. The Balaban J connectivity index is 0.00000320. The van der Waals surface area contributed by atoms with E-state index in [0.717, 1.165) is 29.8 Å². The van der Waals surface area contributed by atoms with Gasteiger partial charge in [0.1, 0.15) is 23.4 Å². The molecule has 4 aromatic carbocycles. The molecule has 0 amide bonds. The van der Waals surface area contributed by atoms with Crippen molar-refractivity contribution < 1.29 is 23.8 Å². The van der Waals surface area contributed by atoms with Gasteiger partial charge in [0.2, 0.25) is 0 Å². The maximum atomic E-state index is 14.4. The van der Waals surface area contributed by atoms with Crippen molar-refractivity contribution in [2.75, 3.05) is 19.7 Å². The van der Waals surface area contributed by atoms with Crippen molar-refractivity contribution in [1.82, 2.24) is 5.32 Å². The molecule has 5 nitrogen and oxygen atoms in total. The minimum absolute atomic E-state index is 0. The van der Waals surface area contributed by atoms with Crippen molar-refractivity contribution in [2.45, 2.75) is 24.9 Å². The number of para-hydroxylation sites is 1. The van der Waals surface area contributed by atoms with Gasteiger partial charge in [0.25, 0.3) is 0 Å². The summed E-state index contributed by atoms with van der Waals surface area (Å²) < 4.78 is 26.0. The summed E-state index contributed by atoms with van der Waals surface area (Å²) in [4.78, 5) is 10.9. The van der Waals surface area contributed by atoms with Crippen LogP contribution in [0.15, 0.2) is 84.9 Å². The van der Waals surface area contributed by atoms with Gasteiger partial charge >= 0.3 is 5.97 Å². The predicted octanol–water partition coefficient (Wildman–Crippen LogP) is 5.98. The van der Waals surface area contributed by atoms with Crippen molar-refractivity contribution >= 4 is 29.1 Å². The number of fused-ring (bicyclic) bond motifs is 2. The van der Waals surface area contributed by atoms with Crippen LogP contribution in [0.3, 0.4) is 0 Å². The number of halogens is 2. The van der Waals surface area contributed by atoms with Crippen molar-refractivity contribution in [3.63, 3.8) is 0 Å². The molecule has 0 aromatic heterocycles. The zero-order chi connectivity index (χ0) is 24.9. The first kappa shape index (κ1) is 26.5. The second-order valence-corrected chi connectivity index (χ2v) is 9.06. The summed E-state index contributed by atoms with van der Waals surface area (Å²) in [6.07, 6.45) is 1.48. The number of nitrogens with one attached hydrogen (secondary N) is 1. The lowest BCUT2D eigenvalue weighted by atomic mass is 9.84. The third-order valence-electron chi connectivity index (χ3n) is 6.57. The first-order valence-corrected chi connectivity index (χ1v) is 12.1. The molecule has 0 aliphatic carbocycles. The molecule has 0 saturated carbocycles. The molecule has 7 heteroatoms. The van der Waals surface area contributed by atoms with Gasteiger partial charge in [-0.15, -0.1) is 12.4 Å². The molecule has 4 aromatic rings. The van der Waals surface area contributed by atoms with Gasteiger partial charge in [-0.3, -0.25) is 0 Å². The number of benzene rings is 4. The number of carbonyl (C=O) groups is 1. The second-order valence-electron chi connectivity index (χ2n) is 9.06. The molecule has 0 unspecified atom stereocenters. The van der Waals surface area contributed by atoms with Gasteiger partial charge in [0.15, 0.2) is 6.61 Å². The molecule has 192 valence electrons. The zero-order valence-electron chi connectivity index (χ0n) is 20.2. The van der Waals surface area contributed by atoms with Gasteiger partial charge in [0.05, 0.1) is 0 Å². The van der Waals surface area contributed by atoms with Crippen molar-refractivity contribution in [3.8, 4) is 11.5 Å². The summed E-state index contributed by atoms with van der Waals surface area (Å²) >= 11 is 0. The van der Waals surface area contributed by atoms with E-state index in [9.17, 15) is 9.18 Å². The van der Waals surface area contributed by atoms with Crippen LogP contribution in [0.1, 0.15) is 29.0 Å². The maximum Gasteiger partial charge on any atom is 0.341 e. The zero-order valence-corrected chi connectivity index (χ0v) is 21.0. The van der Waals surface area contributed by atoms with Crippen molar-refractivity contribution in [3.05, 3.63) is 107 Å². The standard InChI is InChI=1S/C30H28FNO4.ClH/c31-23-14-22(15-24(16-23)35-19-30(33)34)28-17-25(36-29-11-4-3-10-27(28)29)18-32-13-12-21-8-5-7-20-6-1-2-9-26(20)21;/h1-11,14-16,25,28,32H,12-13,17-19H2,(H,33,34);1H/t25-,28-;/m1./s1. The summed E-state index contributed by atoms with van der Waals surface area (Å²) in [7, 11) is 0. The van der Waals surface area contributed by atoms with Crippen LogP contribution in [0.25, 0.3) is 10.8 Å². The van der Waals surface area contributed by atoms with Gasteiger partial charge in [-0.1, -0.05) is 60.7 Å². The largest absolute Gasteiger partial charge is 0.489 e. The summed E-state index contributed by atoms with van der Waals surface area (Å²) in [5.41, 5.74) is 3.04. The average Bonchev–Trinajstić information content (AvgIpc) is 2.89. The molecule has 1 aliphatic rings. The van der Waals surface area contributed by atoms with Crippen LogP contribution in [0.5, 0.6) is 11.5 Å². The van der Waals surface area contributed by atoms with Crippen LogP contribution in [-0.4, -0.2) is 36.9 Å². The van der Waals surface area contributed by atoms with E-state index >= 15 is 0 Å². The van der Waals surface area contributed by atoms with Crippen molar-refractivity contribution in [2.24, 2.45) is 0 Å². The van der Waals surface area contributed by atoms with Gasteiger partial charge in [-0.2, -0.15) is 0 Å². The SMILES string of the molecule is Cl.O=C(O)COc1cc(F)cc([C@H]2C[C@H](CNCCc3cccc4ccccc34)Oc3ccccc32)c1. The summed E-state index contributed by atoms with van der Waals surface area (Å²) in [5.74, 6) is -0.663. The quantitative estimate of drug-likeness (QED) is 0.265. The summed E-state index contributed by atoms with van der Waals surface area (Å²) in [6, 6.07) is 27.0. The van der Waals surface area contributed by atoms with Gasteiger partial charge in [-0.05, 0) is 59.5 Å². The molecule has 0 spiro atoms.